The molecule has 0 N–H and O–H groups in total. The van der Waals surface area contributed by atoms with Crippen molar-refractivity contribution in [2.24, 2.45) is 0 Å². The van der Waals surface area contributed by atoms with Gasteiger partial charge in [-0.25, -0.2) is 9.18 Å². The third kappa shape index (κ3) is 3.69. The molecule has 2 aromatic rings. The number of ether oxygens (including phenoxy) is 2. The van der Waals surface area contributed by atoms with Crippen molar-refractivity contribution in [3.8, 4) is 5.75 Å². The summed E-state index contributed by atoms with van der Waals surface area (Å²) >= 11 is 0. The summed E-state index contributed by atoms with van der Waals surface area (Å²) < 4.78 is 23.9. The van der Waals surface area contributed by atoms with E-state index in [4.69, 9.17) is 4.74 Å². The first kappa shape index (κ1) is 14.8. The Labute approximate surface area is 122 Å². The zero-order chi connectivity index (χ0) is 15.2. The van der Waals surface area contributed by atoms with Gasteiger partial charge in [0.15, 0.2) is 11.6 Å². The van der Waals surface area contributed by atoms with Crippen LogP contribution in [0, 0.1) is 5.82 Å². The van der Waals surface area contributed by atoms with Crippen LogP contribution < -0.4 is 4.74 Å². The molecule has 0 bridgehead atoms. The van der Waals surface area contributed by atoms with E-state index in [0.29, 0.717) is 5.56 Å². The molecule has 3 nitrogen and oxygen atoms in total. The number of halogens is 1. The van der Waals surface area contributed by atoms with Crippen LogP contribution in [0.25, 0.3) is 5.57 Å². The minimum atomic E-state index is -0.590. The van der Waals surface area contributed by atoms with E-state index < -0.39 is 11.8 Å². The molecule has 2 rings (SSSR count). The lowest BCUT2D eigenvalue weighted by atomic mass is 10.1. The maximum absolute atomic E-state index is 14.0. The topological polar surface area (TPSA) is 35.5 Å². The van der Waals surface area contributed by atoms with E-state index in [9.17, 15) is 9.18 Å². The van der Waals surface area contributed by atoms with Crippen molar-refractivity contribution in [1.82, 2.24) is 0 Å². The molecule has 0 radical (unpaired) electrons. The lowest BCUT2D eigenvalue weighted by Crippen LogP contribution is -2.03. The first-order valence-electron chi connectivity index (χ1n) is 6.35. The number of hydrogen-bond acceptors (Lipinski definition) is 3. The Hall–Kier alpha value is -2.62. The smallest absolute Gasteiger partial charge is 0.337 e. The van der Waals surface area contributed by atoms with Crippen molar-refractivity contribution in [2.75, 3.05) is 7.11 Å². The van der Waals surface area contributed by atoms with Crippen LogP contribution in [0.2, 0.25) is 0 Å². The third-order valence-electron chi connectivity index (χ3n) is 2.95. The third-order valence-corrected chi connectivity index (χ3v) is 2.95. The Bertz CT molecular complexity index is 650. The number of carbonyl (C=O) groups is 1. The molecule has 0 atom stereocenters. The van der Waals surface area contributed by atoms with Crippen LogP contribution in [-0.4, -0.2) is 13.1 Å². The van der Waals surface area contributed by atoms with Gasteiger partial charge in [-0.2, -0.15) is 0 Å². The van der Waals surface area contributed by atoms with Gasteiger partial charge in [-0.05, 0) is 23.3 Å². The minimum Gasteiger partial charge on any atom is -0.486 e. The Balaban J connectivity index is 2.09. The zero-order valence-corrected chi connectivity index (χ0v) is 11.6. The molecule has 0 saturated carbocycles. The van der Waals surface area contributed by atoms with Gasteiger partial charge >= 0.3 is 5.97 Å². The predicted molar refractivity (Wildman–Crippen MR) is 78.2 cm³/mol. The van der Waals surface area contributed by atoms with E-state index in [0.717, 1.165) is 5.56 Å². The Morgan fingerprint density at radius 2 is 1.90 bits per heavy atom. The van der Waals surface area contributed by atoms with Gasteiger partial charge in [0.1, 0.15) is 6.61 Å². The summed E-state index contributed by atoms with van der Waals surface area (Å²) in [7, 11) is 1.25. The van der Waals surface area contributed by atoms with Gasteiger partial charge < -0.3 is 9.47 Å². The van der Waals surface area contributed by atoms with Crippen molar-refractivity contribution in [3.63, 3.8) is 0 Å². The molecule has 0 unspecified atom stereocenters. The second-order valence-electron chi connectivity index (χ2n) is 4.39. The normalized spacial score (nSPS) is 10.0. The SMILES string of the molecule is C=C(C(=O)OC)c1ccc(OCc2ccccc2)c(F)c1. The fourth-order valence-corrected chi connectivity index (χ4v) is 1.78. The Morgan fingerprint density at radius 1 is 1.19 bits per heavy atom. The van der Waals surface area contributed by atoms with Gasteiger partial charge in [-0.1, -0.05) is 43.0 Å². The molecule has 0 aliphatic rings. The summed E-state index contributed by atoms with van der Waals surface area (Å²) in [6.45, 7) is 3.85. The molecular weight excluding hydrogens is 271 g/mol. The van der Waals surface area contributed by atoms with Crippen molar-refractivity contribution in [3.05, 3.63) is 72.1 Å². The fraction of sp³-hybridized carbons (Fsp3) is 0.118. The van der Waals surface area contributed by atoms with Crippen molar-refractivity contribution in [2.45, 2.75) is 6.61 Å². The number of hydrogen-bond donors (Lipinski definition) is 0. The van der Waals surface area contributed by atoms with Crippen LogP contribution in [0.15, 0.2) is 55.1 Å². The number of rotatable bonds is 5. The van der Waals surface area contributed by atoms with E-state index >= 15 is 0 Å². The largest absolute Gasteiger partial charge is 0.486 e. The molecule has 4 heteroatoms. The number of esters is 1. The number of benzene rings is 2. The molecule has 0 aromatic heterocycles. The molecule has 2 aromatic carbocycles. The summed E-state index contributed by atoms with van der Waals surface area (Å²) in [5.41, 5.74) is 1.41. The van der Waals surface area contributed by atoms with Gasteiger partial charge in [0.05, 0.1) is 12.7 Å². The average Bonchev–Trinajstić information content (AvgIpc) is 2.53. The molecule has 21 heavy (non-hydrogen) atoms. The van der Waals surface area contributed by atoms with Crippen LogP contribution in [0.5, 0.6) is 5.75 Å². The van der Waals surface area contributed by atoms with Gasteiger partial charge in [0.2, 0.25) is 0 Å². The summed E-state index contributed by atoms with van der Waals surface area (Å²) in [6.07, 6.45) is 0. The summed E-state index contributed by atoms with van der Waals surface area (Å²) in [5, 5.41) is 0. The Morgan fingerprint density at radius 3 is 2.52 bits per heavy atom. The number of carbonyl (C=O) groups excluding carboxylic acids is 1. The van der Waals surface area contributed by atoms with Gasteiger partial charge in [-0.15, -0.1) is 0 Å². The minimum absolute atomic E-state index is 0.103. The average molecular weight is 286 g/mol. The predicted octanol–water partition coefficient (Wildman–Crippen LogP) is 3.59. The van der Waals surface area contributed by atoms with Crippen molar-refractivity contribution in [1.29, 1.82) is 0 Å². The quantitative estimate of drug-likeness (QED) is 0.622. The lowest BCUT2D eigenvalue weighted by Gasteiger charge is -2.09. The maximum Gasteiger partial charge on any atom is 0.337 e. The van der Waals surface area contributed by atoms with E-state index in [1.807, 2.05) is 30.3 Å². The standard InChI is InChI=1S/C17H15FO3/c1-12(17(19)20-2)14-8-9-16(15(18)10-14)21-11-13-6-4-3-5-7-13/h3-10H,1,11H2,2H3. The van der Waals surface area contributed by atoms with E-state index in [1.54, 1.807) is 6.07 Å². The molecule has 0 saturated heterocycles. The van der Waals surface area contributed by atoms with E-state index in [1.165, 1.54) is 19.2 Å². The van der Waals surface area contributed by atoms with Crippen LogP contribution in [0.1, 0.15) is 11.1 Å². The maximum atomic E-state index is 14.0. The second-order valence-corrected chi connectivity index (χ2v) is 4.39. The van der Waals surface area contributed by atoms with Crippen LogP contribution in [0.4, 0.5) is 4.39 Å². The highest BCUT2D eigenvalue weighted by atomic mass is 19.1. The second kappa shape index (κ2) is 6.70. The van der Waals surface area contributed by atoms with E-state index in [-0.39, 0.29) is 17.9 Å². The highest BCUT2D eigenvalue weighted by Gasteiger charge is 2.12. The van der Waals surface area contributed by atoms with Gasteiger partial charge in [0, 0.05) is 0 Å². The summed E-state index contributed by atoms with van der Waals surface area (Å²) in [6, 6.07) is 13.7. The van der Waals surface area contributed by atoms with Crippen molar-refractivity contribution >= 4 is 11.5 Å². The molecular formula is C17H15FO3. The van der Waals surface area contributed by atoms with Crippen LogP contribution >= 0.6 is 0 Å². The first-order valence-corrected chi connectivity index (χ1v) is 6.35. The highest BCUT2D eigenvalue weighted by Crippen LogP contribution is 2.23. The van der Waals surface area contributed by atoms with Crippen LogP contribution in [-0.2, 0) is 16.1 Å². The molecule has 0 heterocycles. The molecule has 0 spiro atoms. The van der Waals surface area contributed by atoms with E-state index in [2.05, 4.69) is 11.3 Å². The monoisotopic (exact) mass is 286 g/mol. The molecule has 0 aliphatic heterocycles. The Kier molecular flexibility index (Phi) is 4.72. The summed E-state index contributed by atoms with van der Waals surface area (Å²) in [5.74, 6) is -1.01. The van der Waals surface area contributed by atoms with Gasteiger partial charge in [-0.3, -0.25) is 0 Å². The zero-order valence-electron chi connectivity index (χ0n) is 11.6. The van der Waals surface area contributed by atoms with Crippen LogP contribution in [0.3, 0.4) is 0 Å². The number of methoxy groups -OCH3 is 1. The molecule has 0 aliphatic carbocycles. The lowest BCUT2D eigenvalue weighted by molar-refractivity contribution is -0.133. The fourth-order valence-electron chi connectivity index (χ4n) is 1.78. The first-order chi connectivity index (χ1) is 10.1. The molecule has 0 fully saturated rings. The molecule has 0 amide bonds. The summed E-state index contributed by atoms with van der Waals surface area (Å²) in [4.78, 5) is 11.3. The van der Waals surface area contributed by atoms with Gasteiger partial charge in [0.25, 0.3) is 0 Å². The highest BCUT2D eigenvalue weighted by molar-refractivity contribution is 6.15. The molecule has 108 valence electrons. The van der Waals surface area contributed by atoms with Crippen molar-refractivity contribution < 1.29 is 18.7 Å².